The number of ketones is 1. The third kappa shape index (κ3) is 3.30. The molecule has 0 amide bonds. The highest BCUT2D eigenvalue weighted by Crippen LogP contribution is 2.26. The Kier molecular flexibility index (Phi) is 3.79. The van der Waals surface area contributed by atoms with Gasteiger partial charge in [-0.1, -0.05) is 6.92 Å². The first-order valence-electron chi connectivity index (χ1n) is 6.52. The molecule has 2 bridgehead atoms. The molecule has 2 nitrogen and oxygen atoms in total. The van der Waals surface area contributed by atoms with Crippen LogP contribution in [0.5, 0.6) is 0 Å². The molecule has 0 aromatic rings. The lowest BCUT2D eigenvalue weighted by Gasteiger charge is -2.35. The predicted molar refractivity (Wildman–Crippen MR) is 61.8 cm³/mol. The predicted octanol–water partition coefficient (Wildman–Crippen LogP) is 2.67. The quantitative estimate of drug-likeness (QED) is 0.664. The average Bonchev–Trinajstić information content (AvgIpc) is 2.16. The molecule has 0 aliphatic carbocycles. The maximum absolute atomic E-state index is 11.5. The summed E-state index contributed by atoms with van der Waals surface area (Å²) in [5, 5.41) is 3.76. The number of fused-ring (bicyclic) bond motifs is 2. The van der Waals surface area contributed by atoms with Gasteiger partial charge in [0.1, 0.15) is 5.78 Å². The van der Waals surface area contributed by atoms with E-state index in [1.54, 1.807) is 0 Å². The van der Waals surface area contributed by atoms with Gasteiger partial charge >= 0.3 is 0 Å². The summed E-state index contributed by atoms with van der Waals surface area (Å²) in [5.41, 5.74) is 0. The second kappa shape index (κ2) is 5.11. The molecule has 0 aromatic carbocycles. The van der Waals surface area contributed by atoms with Crippen molar-refractivity contribution in [3.8, 4) is 0 Å². The smallest absolute Gasteiger partial charge is 0.132 e. The Morgan fingerprint density at radius 3 is 2.13 bits per heavy atom. The van der Waals surface area contributed by atoms with E-state index in [1.807, 2.05) is 0 Å². The van der Waals surface area contributed by atoms with E-state index in [0.29, 0.717) is 17.9 Å². The molecule has 0 saturated carbocycles. The summed E-state index contributed by atoms with van der Waals surface area (Å²) >= 11 is 0. The Balaban J connectivity index is 1.93. The maximum Gasteiger partial charge on any atom is 0.132 e. The monoisotopic (exact) mass is 209 g/mol. The van der Waals surface area contributed by atoms with E-state index in [4.69, 9.17) is 0 Å². The molecule has 2 aliphatic heterocycles. The molecular formula is C13H23NO. The van der Waals surface area contributed by atoms with Crippen LogP contribution in [0.3, 0.4) is 0 Å². The lowest BCUT2D eigenvalue weighted by atomic mass is 9.84. The van der Waals surface area contributed by atoms with Crippen LogP contribution in [-0.4, -0.2) is 17.9 Å². The van der Waals surface area contributed by atoms with Gasteiger partial charge < -0.3 is 5.32 Å². The minimum atomic E-state index is 0.489. The van der Waals surface area contributed by atoms with Crippen LogP contribution in [0.25, 0.3) is 0 Å². The molecule has 3 atom stereocenters. The van der Waals surface area contributed by atoms with Gasteiger partial charge in [0.25, 0.3) is 0 Å². The Hall–Kier alpha value is -0.370. The van der Waals surface area contributed by atoms with Crippen molar-refractivity contribution in [1.29, 1.82) is 0 Å². The normalized spacial score (nSPS) is 38.7. The molecule has 2 fully saturated rings. The standard InChI is InChI=1S/C13H23NO/c1-10-8-11-4-2-6-13(15)7-3-5-12(9-10)14-11/h10-12,14H,2-9H2,1H3/t10?,11-,12+. The number of carbonyl (C=O) groups excluding carboxylic acids is 1. The molecule has 1 unspecified atom stereocenters. The van der Waals surface area contributed by atoms with Gasteiger partial charge in [0.2, 0.25) is 0 Å². The number of hydrogen-bond donors (Lipinski definition) is 1. The zero-order valence-electron chi connectivity index (χ0n) is 9.80. The van der Waals surface area contributed by atoms with Gasteiger partial charge in [0.05, 0.1) is 0 Å². The third-order valence-electron chi connectivity index (χ3n) is 3.86. The van der Waals surface area contributed by atoms with E-state index in [-0.39, 0.29) is 0 Å². The number of nitrogens with one attached hydrogen (secondary N) is 1. The van der Waals surface area contributed by atoms with Crippen LogP contribution in [0, 0.1) is 5.92 Å². The van der Waals surface area contributed by atoms with E-state index >= 15 is 0 Å². The van der Waals surface area contributed by atoms with E-state index in [1.165, 1.54) is 25.7 Å². The van der Waals surface area contributed by atoms with Gasteiger partial charge in [0, 0.05) is 24.9 Å². The highest BCUT2D eigenvalue weighted by Gasteiger charge is 2.26. The molecule has 2 heterocycles. The van der Waals surface area contributed by atoms with Crippen LogP contribution in [0.15, 0.2) is 0 Å². The molecule has 0 spiro atoms. The van der Waals surface area contributed by atoms with Gasteiger partial charge in [-0.3, -0.25) is 4.79 Å². The summed E-state index contributed by atoms with van der Waals surface area (Å²) in [7, 11) is 0. The van der Waals surface area contributed by atoms with E-state index in [9.17, 15) is 4.79 Å². The van der Waals surface area contributed by atoms with Gasteiger partial charge in [-0.25, -0.2) is 0 Å². The van der Waals surface area contributed by atoms with Crippen LogP contribution in [0.4, 0.5) is 0 Å². The minimum absolute atomic E-state index is 0.489. The molecule has 2 rings (SSSR count). The summed E-state index contributed by atoms with van der Waals surface area (Å²) in [6.45, 7) is 2.37. The SMILES string of the molecule is CC1C[C@H]2CCCC(=O)CCC[C@@H](C1)N2. The van der Waals surface area contributed by atoms with Crippen molar-refractivity contribution >= 4 is 5.78 Å². The molecular weight excluding hydrogens is 186 g/mol. The van der Waals surface area contributed by atoms with Crippen molar-refractivity contribution in [1.82, 2.24) is 5.32 Å². The summed E-state index contributed by atoms with van der Waals surface area (Å²) in [5.74, 6) is 1.36. The molecule has 0 aromatic heterocycles. The molecule has 1 N–H and O–H groups in total. The molecule has 2 saturated heterocycles. The van der Waals surface area contributed by atoms with Gasteiger partial charge in [-0.2, -0.15) is 0 Å². The number of piperidine rings is 1. The van der Waals surface area contributed by atoms with E-state index < -0.39 is 0 Å². The Morgan fingerprint density at radius 1 is 1.07 bits per heavy atom. The molecule has 15 heavy (non-hydrogen) atoms. The first-order chi connectivity index (χ1) is 7.24. The molecule has 2 heteroatoms. The second-order valence-corrected chi connectivity index (χ2v) is 5.46. The zero-order chi connectivity index (χ0) is 10.7. The van der Waals surface area contributed by atoms with Crippen molar-refractivity contribution in [2.75, 3.05) is 0 Å². The van der Waals surface area contributed by atoms with Crippen molar-refractivity contribution in [3.05, 3.63) is 0 Å². The third-order valence-corrected chi connectivity index (χ3v) is 3.86. The fraction of sp³-hybridized carbons (Fsp3) is 0.923. The first-order valence-corrected chi connectivity index (χ1v) is 6.52. The lowest BCUT2D eigenvalue weighted by molar-refractivity contribution is -0.119. The first kappa shape index (κ1) is 11.1. The van der Waals surface area contributed by atoms with Crippen LogP contribution < -0.4 is 5.32 Å². The highest BCUT2D eigenvalue weighted by molar-refractivity contribution is 5.78. The van der Waals surface area contributed by atoms with Gasteiger partial charge in [-0.05, 0) is 44.4 Å². The summed E-state index contributed by atoms with van der Waals surface area (Å²) in [6, 6.07) is 1.37. The second-order valence-electron chi connectivity index (χ2n) is 5.46. The number of carbonyl (C=O) groups is 1. The van der Waals surface area contributed by atoms with E-state index in [0.717, 1.165) is 31.6 Å². The fourth-order valence-electron chi connectivity index (χ4n) is 3.16. The van der Waals surface area contributed by atoms with Crippen LogP contribution in [0.2, 0.25) is 0 Å². The highest BCUT2D eigenvalue weighted by atomic mass is 16.1. The zero-order valence-corrected chi connectivity index (χ0v) is 9.80. The maximum atomic E-state index is 11.5. The lowest BCUT2D eigenvalue weighted by Crippen LogP contribution is -2.45. The number of rotatable bonds is 0. The summed E-state index contributed by atoms with van der Waals surface area (Å²) in [4.78, 5) is 11.5. The molecule has 86 valence electrons. The van der Waals surface area contributed by atoms with Crippen molar-refractivity contribution < 1.29 is 4.79 Å². The fourth-order valence-corrected chi connectivity index (χ4v) is 3.16. The topological polar surface area (TPSA) is 29.1 Å². The Morgan fingerprint density at radius 2 is 1.60 bits per heavy atom. The van der Waals surface area contributed by atoms with Gasteiger partial charge in [0.15, 0.2) is 0 Å². The van der Waals surface area contributed by atoms with Crippen molar-refractivity contribution in [3.63, 3.8) is 0 Å². The van der Waals surface area contributed by atoms with Gasteiger partial charge in [-0.15, -0.1) is 0 Å². The summed E-state index contributed by atoms with van der Waals surface area (Å²) in [6.07, 6.45) is 8.84. The van der Waals surface area contributed by atoms with E-state index in [2.05, 4.69) is 12.2 Å². The van der Waals surface area contributed by atoms with Crippen molar-refractivity contribution in [2.24, 2.45) is 5.92 Å². The summed E-state index contributed by atoms with van der Waals surface area (Å²) < 4.78 is 0. The number of hydrogen-bond acceptors (Lipinski definition) is 2. The Labute approximate surface area is 92.8 Å². The van der Waals surface area contributed by atoms with Crippen LogP contribution in [-0.2, 0) is 4.79 Å². The molecule has 0 radical (unpaired) electrons. The minimum Gasteiger partial charge on any atom is -0.311 e. The van der Waals surface area contributed by atoms with Crippen LogP contribution in [0.1, 0.15) is 58.3 Å². The molecule has 2 aliphatic rings. The average molecular weight is 209 g/mol. The largest absolute Gasteiger partial charge is 0.311 e. The van der Waals surface area contributed by atoms with Crippen molar-refractivity contribution in [2.45, 2.75) is 70.4 Å². The number of Topliss-reactive ketones (excluding diaryl/α,β-unsaturated/α-hetero) is 1. The van der Waals surface area contributed by atoms with Crippen LogP contribution >= 0.6 is 0 Å². The Bertz CT molecular complexity index is 207.